The van der Waals surface area contributed by atoms with Crippen LogP contribution in [0.3, 0.4) is 0 Å². The first-order valence-electron chi connectivity index (χ1n) is 5.33. The van der Waals surface area contributed by atoms with Crippen molar-refractivity contribution < 1.29 is 14.3 Å². The van der Waals surface area contributed by atoms with Gasteiger partial charge in [0.2, 0.25) is 0 Å². The van der Waals surface area contributed by atoms with E-state index in [0.29, 0.717) is 13.2 Å². The summed E-state index contributed by atoms with van der Waals surface area (Å²) in [5.74, 6) is 1.80. The zero-order valence-electron chi connectivity index (χ0n) is 9.30. The van der Waals surface area contributed by atoms with Crippen molar-refractivity contribution in [1.29, 1.82) is 0 Å². The SMILES string of the molecule is CC(=O)C1=CC=C[SH]1c1scc2c1OCCO2. The Morgan fingerprint density at radius 1 is 1.41 bits per heavy atom. The van der Waals surface area contributed by atoms with Gasteiger partial charge in [-0.15, -0.1) is 11.3 Å². The minimum absolute atomic E-state index is 0.139. The van der Waals surface area contributed by atoms with Crippen molar-refractivity contribution in [2.45, 2.75) is 11.1 Å². The van der Waals surface area contributed by atoms with Gasteiger partial charge in [-0.1, -0.05) is 6.08 Å². The van der Waals surface area contributed by atoms with Crippen LogP contribution in [0.4, 0.5) is 0 Å². The van der Waals surface area contributed by atoms with Crippen molar-refractivity contribution >= 4 is 28.0 Å². The zero-order valence-corrected chi connectivity index (χ0v) is 11.0. The summed E-state index contributed by atoms with van der Waals surface area (Å²) < 4.78 is 12.3. The molecular weight excluding hydrogens is 256 g/mol. The predicted octanol–water partition coefficient (Wildman–Crippen LogP) is 2.88. The molecule has 0 spiro atoms. The van der Waals surface area contributed by atoms with Crippen molar-refractivity contribution in [2.24, 2.45) is 0 Å². The number of thiol groups is 1. The smallest absolute Gasteiger partial charge is 0.184 e. The van der Waals surface area contributed by atoms with E-state index in [4.69, 9.17) is 9.47 Å². The molecule has 0 saturated carbocycles. The van der Waals surface area contributed by atoms with Gasteiger partial charge < -0.3 is 9.47 Å². The largest absolute Gasteiger partial charge is 0.485 e. The summed E-state index contributed by atoms with van der Waals surface area (Å²) in [6.07, 6.45) is 3.86. The number of carbonyl (C=O) groups is 1. The Morgan fingerprint density at radius 2 is 2.24 bits per heavy atom. The number of hydrogen-bond donors (Lipinski definition) is 1. The van der Waals surface area contributed by atoms with Gasteiger partial charge in [-0.3, -0.25) is 4.79 Å². The van der Waals surface area contributed by atoms with Crippen LogP contribution >= 0.6 is 22.2 Å². The highest BCUT2D eigenvalue weighted by Crippen LogP contribution is 2.58. The van der Waals surface area contributed by atoms with Crippen LogP contribution in [0.1, 0.15) is 6.92 Å². The topological polar surface area (TPSA) is 35.5 Å². The Hall–Kier alpha value is -1.20. The van der Waals surface area contributed by atoms with Gasteiger partial charge in [0.25, 0.3) is 0 Å². The van der Waals surface area contributed by atoms with Crippen molar-refractivity contribution in [3.8, 4) is 11.5 Å². The average molecular weight is 268 g/mol. The Morgan fingerprint density at radius 3 is 3.06 bits per heavy atom. The lowest BCUT2D eigenvalue weighted by Gasteiger charge is -2.20. The van der Waals surface area contributed by atoms with Crippen LogP contribution in [0.15, 0.2) is 32.1 Å². The van der Waals surface area contributed by atoms with Crippen molar-refractivity contribution in [1.82, 2.24) is 0 Å². The molecule has 17 heavy (non-hydrogen) atoms. The van der Waals surface area contributed by atoms with Crippen LogP contribution in [0, 0.1) is 0 Å². The van der Waals surface area contributed by atoms with Gasteiger partial charge in [-0.25, -0.2) is 0 Å². The van der Waals surface area contributed by atoms with E-state index < -0.39 is 10.9 Å². The van der Waals surface area contributed by atoms with Crippen molar-refractivity contribution in [3.63, 3.8) is 0 Å². The van der Waals surface area contributed by atoms with E-state index in [1.807, 2.05) is 17.5 Å². The molecular formula is C12H12O3S2. The lowest BCUT2D eigenvalue weighted by atomic mass is 10.4. The van der Waals surface area contributed by atoms with Crippen LogP contribution in [-0.4, -0.2) is 19.0 Å². The Balaban J connectivity index is 2.00. The molecule has 0 aliphatic carbocycles. The van der Waals surface area contributed by atoms with Gasteiger partial charge >= 0.3 is 0 Å². The van der Waals surface area contributed by atoms with Gasteiger partial charge in [-0.05, 0) is 18.4 Å². The molecule has 3 nitrogen and oxygen atoms in total. The fourth-order valence-corrected chi connectivity index (χ4v) is 5.36. The number of fused-ring (bicyclic) bond motifs is 1. The maximum Gasteiger partial charge on any atom is 0.184 e. The number of ketones is 1. The number of hydrogen-bond acceptors (Lipinski definition) is 4. The molecule has 1 aromatic heterocycles. The second-order valence-electron chi connectivity index (χ2n) is 3.75. The standard InChI is InChI=1S/C12H12O3S2/c1-8(13)10-3-2-6-17(10)12-11-9(7-16-12)14-4-5-15-11/h2-3,6-7,17H,4-5H2,1H3. The molecule has 0 aromatic carbocycles. The lowest BCUT2D eigenvalue weighted by molar-refractivity contribution is -0.112. The summed E-state index contributed by atoms with van der Waals surface area (Å²) in [6, 6.07) is 0. The molecule has 90 valence electrons. The monoisotopic (exact) mass is 268 g/mol. The van der Waals surface area contributed by atoms with Crippen LogP contribution in [-0.2, 0) is 4.79 Å². The van der Waals surface area contributed by atoms with Crippen LogP contribution in [0.25, 0.3) is 0 Å². The summed E-state index contributed by atoms with van der Waals surface area (Å²) in [7, 11) is -0.676. The molecule has 2 aliphatic rings. The van der Waals surface area contributed by atoms with E-state index in [1.54, 1.807) is 18.3 Å². The highest BCUT2D eigenvalue weighted by molar-refractivity contribution is 8.25. The molecule has 3 rings (SSSR count). The number of thiophene rings is 1. The first kappa shape index (κ1) is 10.9. The quantitative estimate of drug-likeness (QED) is 0.838. The number of carbonyl (C=O) groups excluding carboxylic acids is 1. The third-order valence-electron chi connectivity index (χ3n) is 2.61. The fraction of sp³-hybridized carbons (Fsp3) is 0.250. The molecule has 0 radical (unpaired) electrons. The minimum Gasteiger partial charge on any atom is -0.485 e. The van der Waals surface area contributed by atoms with E-state index in [0.717, 1.165) is 20.6 Å². The van der Waals surface area contributed by atoms with Crippen molar-refractivity contribution in [2.75, 3.05) is 13.2 Å². The normalized spacial score (nSPS) is 23.6. The van der Waals surface area contributed by atoms with Crippen molar-refractivity contribution in [3.05, 3.63) is 27.8 Å². The molecule has 1 aromatic rings. The first-order valence-corrected chi connectivity index (χ1v) is 7.62. The Bertz CT molecular complexity index is 528. The van der Waals surface area contributed by atoms with E-state index in [2.05, 4.69) is 5.41 Å². The summed E-state index contributed by atoms with van der Waals surface area (Å²) >= 11 is 1.62. The molecule has 0 saturated heterocycles. The maximum absolute atomic E-state index is 11.6. The molecule has 0 N–H and O–H groups in total. The molecule has 1 unspecified atom stereocenters. The van der Waals surface area contributed by atoms with Crippen LogP contribution in [0.5, 0.6) is 11.5 Å². The minimum atomic E-state index is -0.676. The third kappa shape index (κ3) is 1.79. The zero-order chi connectivity index (χ0) is 11.8. The van der Waals surface area contributed by atoms with Gasteiger partial charge in [0.15, 0.2) is 17.3 Å². The van der Waals surface area contributed by atoms with E-state index in [-0.39, 0.29) is 5.78 Å². The number of ether oxygens (including phenoxy) is 2. The van der Waals surface area contributed by atoms with Gasteiger partial charge in [0.1, 0.15) is 13.2 Å². The average Bonchev–Trinajstić information content (AvgIpc) is 2.94. The number of allylic oxidation sites excluding steroid dienone is 3. The first-order chi connectivity index (χ1) is 8.27. The summed E-state index contributed by atoms with van der Waals surface area (Å²) in [4.78, 5) is 12.4. The molecule has 5 heteroatoms. The number of rotatable bonds is 2. The second kappa shape index (κ2) is 4.23. The third-order valence-corrected chi connectivity index (χ3v) is 6.35. The molecule has 3 heterocycles. The van der Waals surface area contributed by atoms with Gasteiger partial charge in [0.05, 0.1) is 4.21 Å². The van der Waals surface area contributed by atoms with Crippen LogP contribution < -0.4 is 9.47 Å². The lowest BCUT2D eigenvalue weighted by Crippen LogP contribution is -2.14. The van der Waals surface area contributed by atoms with E-state index in [9.17, 15) is 4.79 Å². The van der Waals surface area contributed by atoms with Crippen LogP contribution in [0.2, 0.25) is 0 Å². The Labute approximate surface area is 106 Å². The summed E-state index contributed by atoms with van der Waals surface area (Å²) in [5, 5.41) is 4.06. The highest BCUT2D eigenvalue weighted by Gasteiger charge is 2.26. The predicted molar refractivity (Wildman–Crippen MR) is 70.5 cm³/mol. The van der Waals surface area contributed by atoms with Gasteiger partial charge in [-0.2, -0.15) is 10.9 Å². The fourth-order valence-electron chi connectivity index (χ4n) is 1.86. The number of Topliss-reactive ketones (excluding diaryl/α,β-unsaturated/α-hetero) is 1. The highest BCUT2D eigenvalue weighted by atomic mass is 32.2. The molecule has 2 aliphatic heterocycles. The second-order valence-corrected chi connectivity index (χ2v) is 6.90. The molecule has 1 atom stereocenters. The van der Waals surface area contributed by atoms with E-state index >= 15 is 0 Å². The molecule has 0 fully saturated rings. The van der Waals surface area contributed by atoms with E-state index in [1.165, 1.54) is 0 Å². The Kier molecular flexibility index (Phi) is 2.72. The molecule has 0 bridgehead atoms. The summed E-state index contributed by atoms with van der Waals surface area (Å²) in [6.45, 7) is 2.81. The summed E-state index contributed by atoms with van der Waals surface area (Å²) in [5.41, 5.74) is 0. The molecule has 0 amide bonds. The van der Waals surface area contributed by atoms with Gasteiger partial charge in [0, 0.05) is 10.3 Å². The maximum atomic E-state index is 11.6.